The minimum absolute atomic E-state index is 0.0978. The second kappa shape index (κ2) is 13.6. The lowest BCUT2D eigenvalue weighted by Gasteiger charge is -2.44. The van der Waals surface area contributed by atoms with Crippen molar-refractivity contribution < 1.29 is 53.4 Å². The number of hydrogen-bond acceptors (Lipinski definition) is 10. The molecule has 46 heavy (non-hydrogen) atoms. The van der Waals surface area contributed by atoms with E-state index in [1.165, 1.54) is 13.2 Å². The zero-order valence-corrected chi connectivity index (χ0v) is 27.2. The first-order valence-electron chi connectivity index (χ1n) is 15.4. The van der Waals surface area contributed by atoms with Crippen molar-refractivity contribution in [3.05, 3.63) is 59.2 Å². The number of benzene rings is 2. The van der Waals surface area contributed by atoms with E-state index in [-0.39, 0.29) is 24.6 Å². The van der Waals surface area contributed by atoms with Gasteiger partial charge in [-0.1, -0.05) is 31.2 Å². The van der Waals surface area contributed by atoms with Crippen LogP contribution in [0.3, 0.4) is 0 Å². The molecule has 0 saturated carbocycles. The van der Waals surface area contributed by atoms with Crippen molar-refractivity contribution in [2.24, 2.45) is 5.92 Å². The van der Waals surface area contributed by atoms with Crippen LogP contribution in [0.15, 0.2) is 42.5 Å². The van der Waals surface area contributed by atoms with Crippen LogP contribution in [0, 0.1) is 5.92 Å². The number of carbonyl (C=O) groups excluding carboxylic acids is 2. The third-order valence-electron chi connectivity index (χ3n) is 9.50. The highest BCUT2D eigenvalue weighted by Gasteiger charge is 2.50. The molecule has 5 rings (SSSR count). The molecular formula is C32H43FN2O10Si. The Morgan fingerprint density at radius 3 is 2.43 bits per heavy atom. The topological polar surface area (TPSA) is 178 Å². The lowest BCUT2D eigenvalue weighted by Crippen LogP contribution is -2.60. The van der Waals surface area contributed by atoms with Gasteiger partial charge in [-0.3, -0.25) is 9.59 Å². The van der Waals surface area contributed by atoms with Crippen molar-refractivity contribution in [2.45, 2.75) is 93.9 Å². The highest BCUT2D eigenvalue weighted by atomic mass is 28.4. The predicted octanol–water partition coefficient (Wildman–Crippen LogP) is 1.39. The van der Waals surface area contributed by atoms with Gasteiger partial charge in [0.2, 0.25) is 14.3 Å². The zero-order chi connectivity index (χ0) is 33.5. The van der Waals surface area contributed by atoms with Gasteiger partial charge in [-0.15, -0.1) is 0 Å². The maximum absolute atomic E-state index is 16.1. The molecule has 2 amide bonds. The second-order valence-electron chi connectivity index (χ2n) is 13.0. The summed E-state index contributed by atoms with van der Waals surface area (Å²) in [6, 6.07) is 12.1. The molecule has 12 nitrogen and oxygen atoms in total. The summed E-state index contributed by atoms with van der Waals surface area (Å²) in [6.45, 7) is 5.10. The SMILES string of the molecule is CO[C@@H]1c2cc(NC(=O)[C@H]3O[C@@H](O)[C@H](O)[C@@H](O)[C@@H]3O)ccc2O[C@H](C(CC(=O)N2Cc3ccccc3C[C@H]2CO)[Si](C)(C)F)[C@H]1C. The van der Waals surface area contributed by atoms with E-state index < -0.39 is 74.7 Å². The summed E-state index contributed by atoms with van der Waals surface area (Å²) in [5, 5.41) is 52.4. The Morgan fingerprint density at radius 1 is 1.09 bits per heavy atom. The summed E-state index contributed by atoms with van der Waals surface area (Å²) in [7, 11) is -2.02. The van der Waals surface area contributed by atoms with E-state index in [0.717, 1.165) is 11.1 Å². The summed E-state index contributed by atoms with van der Waals surface area (Å²) < 4.78 is 33.4. The monoisotopic (exact) mass is 662 g/mol. The van der Waals surface area contributed by atoms with Crippen LogP contribution in [0.1, 0.15) is 36.1 Å². The van der Waals surface area contributed by atoms with Gasteiger partial charge in [-0.05, 0) is 48.8 Å². The maximum Gasteiger partial charge on any atom is 0.256 e. The van der Waals surface area contributed by atoms with Gasteiger partial charge in [0.25, 0.3) is 5.91 Å². The third kappa shape index (κ3) is 6.71. The number of anilines is 1. The van der Waals surface area contributed by atoms with E-state index in [1.54, 1.807) is 30.1 Å². The fraction of sp³-hybridized carbons (Fsp3) is 0.562. The second-order valence-corrected chi connectivity index (χ2v) is 16.8. The normalized spacial score (nSPS) is 31.7. The van der Waals surface area contributed by atoms with Gasteiger partial charge in [-0.2, -0.15) is 0 Å². The number of aliphatic hydroxyl groups is 5. The van der Waals surface area contributed by atoms with E-state index in [4.69, 9.17) is 14.2 Å². The lowest BCUT2D eigenvalue weighted by atomic mass is 9.86. The maximum atomic E-state index is 16.1. The van der Waals surface area contributed by atoms with Crippen LogP contribution in [0.2, 0.25) is 18.6 Å². The van der Waals surface area contributed by atoms with Crippen molar-refractivity contribution in [1.29, 1.82) is 0 Å². The Bertz CT molecular complexity index is 1430. The predicted molar refractivity (Wildman–Crippen MR) is 166 cm³/mol. The van der Waals surface area contributed by atoms with Gasteiger partial charge in [0.05, 0.1) is 18.8 Å². The van der Waals surface area contributed by atoms with Gasteiger partial charge >= 0.3 is 0 Å². The molecular weight excluding hydrogens is 619 g/mol. The highest BCUT2D eigenvalue weighted by molar-refractivity contribution is 6.72. The molecule has 1 unspecified atom stereocenters. The van der Waals surface area contributed by atoms with Crippen LogP contribution in [0.5, 0.6) is 5.75 Å². The highest BCUT2D eigenvalue weighted by Crippen LogP contribution is 2.48. The van der Waals surface area contributed by atoms with Gasteiger partial charge in [0.1, 0.15) is 30.2 Å². The first-order chi connectivity index (χ1) is 21.7. The molecule has 0 spiro atoms. The molecule has 0 aromatic heterocycles. The fourth-order valence-corrected chi connectivity index (χ4v) is 8.66. The molecule has 1 fully saturated rings. The molecule has 6 N–H and O–H groups in total. The Labute approximate surface area is 267 Å². The van der Waals surface area contributed by atoms with Crippen LogP contribution in [0.25, 0.3) is 0 Å². The number of fused-ring (bicyclic) bond motifs is 2. The molecule has 3 heterocycles. The Hall–Kier alpha value is -2.95. The number of carbonyl (C=O) groups is 2. The summed E-state index contributed by atoms with van der Waals surface area (Å²) in [5.74, 6) is -1.12. The van der Waals surface area contributed by atoms with Gasteiger partial charge < -0.3 is 54.1 Å². The summed E-state index contributed by atoms with van der Waals surface area (Å²) >= 11 is 0. The number of amides is 2. The molecule has 1 saturated heterocycles. The van der Waals surface area contributed by atoms with Crippen LogP contribution < -0.4 is 10.1 Å². The molecule has 10 atom stereocenters. The van der Waals surface area contributed by atoms with Crippen LogP contribution in [0.4, 0.5) is 9.80 Å². The number of hydrogen-bond donors (Lipinski definition) is 6. The van der Waals surface area contributed by atoms with E-state index in [1.807, 2.05) is 31.2 Å². The Morgan fingerprint density at radius 2 is 1.78 bits per heavy atom. The quantitative estimate of drug-likeness (QED) is 0.179. The molecule has 3 aliphatic rings. The van der Waals surface area contributed by atoms with Crippen molar-refractivity contribution in [3.63, 3.8) is 0 Å². The standard InChI is InChI=1S/C32H43FN2O10Si/c1-16-28(43-2)21-12-19(34-31(41)30-26(39)25(38)27(40)32(42)45-30)9-10-22(21)44-29(16)23(46(3,4)33)13-24(37)35-14-18-8-6-5-7-17(18)11-20(35)15-36/h5-10,12,16,20,23,25-30,32,36,38-40,42H,11,13-15H2,1-4H3,(H,34,41)/t16-,20-,23?,25-,26-,27+,28-,29-,30-,32+/m0/s1. The van der Waals surface area contributed by atoms with Gasteiger partial charge in [0, 0.05) is 42.8 Å². The van der Waals surface area contributed by atoms with Crippen molar-refractivity contribution >= 4 is 25.9 Å². The minimum Gasteiger partial charge on any atom is -0.490 e. The molecule has 2 aromatic carbocycles. The first kappa shape index (κ1) is 34.4. The lowest BCUT2D eigenvalue weighted by molar-refractivity contribution is -0.274. The average Bonchev–Trinajstić information content (AvgIpc) is 3.02. The van der Waals surface area contributed by atoms with Gasteiger partial charge in [0.15, 0.2) is 12.4 Å². The van der Waals surface area contributed by atoms with Crippen molar-refractivity contribution in [3.8, 4) is 5.75 Å². The molecule has 14 heteroatoms. The number of nitrogens with one attached hydrogen (secondary N) is 1. The van der Waals surface area contributed by atoms with Gasteiger partial charge in [-0.25, -0.2) is 0 Å². The number of nitrogens with zero attached hydrogens (tertiary/aromatic N) is 1. The van der Waals surface area contributed by atoms with E-state index in [0.29, 0.717) is 24.3 Å². The molecule has 0 radical (unpaired) electrons. The fourth-order valence-electron chi connectivity index (χ4n) is 6.84. The molecule has 2 aromatic rings. The third-order valence-corrected chi connectivity index (χ3v) is 11.8. The smallest absolute Gasteiger partial charge is 0.256 e. The van der Waals surface area contributed by atoms with Crippen LogP contribution in [-0.4, -0.2) is 107 Å². The Balaban J connectivity index is 1.35. The molecule has 252 valence electrons. The number of rotatable bonds is 8. The number of aliphatic hydroxyl groups excluding tert-OH is 5. The molecule has 3 aliphatic heterocycles. The number of ether oxygens (including phenoxy) is 3. The zero-order valence-electron chi connectivity index (χ0n) is 26.2. The van der Waals surface area contributed by atoms with Crippen LogP contribution >= 0.6 is 0 Å². The van der Waals surface area contributed by atoms with E-state index >= 15 is 4.11 Å². The largest absolute Gasteiger partial charge is 0.490 e. The average molecular weight is 663 g/mol. The molecule has 0 bridgehead atoms. The number of halogens is 1. The molecule has 0 aliphatic carbocycles. The minimum atomic E-state index is -3.53. The number of methoxy groups -OCH3 is 1. The Kier molecular flexibility index (Phi) is 10.2. The van der Waals surface area contributed by atoms with E-state index in [9.17, 15) is 35.1 Å². The van der Waals surface area contributed by atoms with Crippen LogP contribution in [-0.2, 0) is 32.0 Å². The van der Waals surface area contributed by atoms with E-state index in [2.05, 4.69) is 5.32 Å². The van der Waals surface area contributed by atoms with Crippen molar-refractivity contribution in [1.82, 2.24) is 4.90 Å². The summed E-state index contributed by atoms with van der Waals surface area (Å²) in [5.41, 5.74) is 2.19. The first-order valence-corrected chi connectivity index (χ1v) is 18.4. The summed E-state index contributed by atoms with van der Waals surface area (Å²) in [4.78, 5) is 28.4. The van der Waals surface area contributed by atoms with Crippen molar-refractivity contribution in [2.75, 3.05) is 19.0 Å². The summed E-state index contributed by atoms with van der Waals surface area (Å²) in [6.07, 6.45) is -9.77.